The summed E-state index contributed by atoms with van der Waals surface area (Å²) in [6.07, 6.45) is 25.6. The van der Waals surface area contributed by atoms with E-state index in [1.807, 2.05) is 9.24 Å². The summed E-state index contributed by atoms with van der Waals surface area (Å²) in [5.74, 6) is -2.38. The first kappa shape index (κ1) is 37.0. The quantitative estimate of drug-likeness (QED) is 0.0781. The highest BCUT2D eigenvalue weighted by molar-refractivity contribution is 7.21. The number of carbonyl (C=O) groups is 3. The Kier molecular flexibility index (Phi) is 24.3. The number of unbranched alkanes of at least 4 members (excludes halogenated alkanes) is 20. The second kappa shape index (κ2) is 25.0. The zero-order valence-corrected chi connectivity index (χ0v) is 26.0. The fourth-order valence-corrected chi connectivity index (χ4v) is 5.21. The topological polar surface area (TPSA) is 94.9 Å². The summed E-state index contributed by atoms with van der Waals surface area (Å²) >= 11 is 0. The van der Waals surface area contributed by atoms with E-state index in [-0.39, 0.29) is 12.8 Å². The molecule has 7 heteroatoms. The molecule has 224 valence electrons. The predicted molar refractivity (Wildman–Crippen MR) is 161 cm³/mol. The summed E-state index contributed by atoms with van der Waals surface area (Å²) in [6.45, 7) is 3.63. The van der Waals surface area contributed by atoms with Crippen LogP contribution >= 0.6 is 9.24 Å². The number of aliphatic hydroxyl groups excluding tert-OH is 1. The Labute approximate surface area is 236 Å². The number of carboxylic acids is 1. The maximum absolute atomic E-state index is 13.0. The molecule has 0 bridgehead atoms. The molecule has 0 rings (SSSR count). The number of rotatable bonds is 27. The highest BCUT2D eigenvalue weighted by Crippen LogP contribution is 2.27. The first-order valence-electron chi connectivity index (χ1n) is 15.8. The zero-order chi connectivity index (χ0) is 28.5. The molecule has 0 saturated heterocycles. The van der Waals surface area contributed by atoms with E-state index in [1.54, 1.807) is 0 Å². The van der Waals surface area contributed by atoms with Crippen LogP contribution in [0.3, 0.4) is 0 Å². The standard InChI is InChI=1S/C31H60NO5P/c1-3-5-7-9-11-13-15-17-19-21-23-25-28(34)32(31(38,27-33)30(36)37)29(35)26-24-22-20-18-16-14-12-10-8-6-4-2/h33H,3-27,38H2,1-2H3,(H,36,37). The molecule has 2 unspecified atom stereocenters. The number of nitrogens with zero attached hydrogens (tertiary/aromatic N) is 1. The number of amides is 2. The first-order chi connectivity index (χ1) is 18.3. The second-order valence-corrected chi connectivity index (χ2v) is 12.0. The van der Waals surface area contributed by atoms with Gasteiger partial charge in [0.2, 0.25) is 11.8 Å². The van der Waals surface area contributed by atoms with Gasteiger partial charge in [0.25, 0.3) is 0 Å². The lowest BCUT2D eigenvalue weighted by atomic mass is 10.0. The van der Waals surface area contributed by atoms with E-state index in [1.165, 1.54) is 89.9 Å². The minimum absolute atomic E-state index is 0.129. The fourth-order valence-electron chi connectivity index (χ4n) is 4.92. The number of carboxylic acid groups (broad SMARTS) is 1. The van der Waals surface area contributed by atoms with Crippen molar-refractivity contribution in [3.05, 3.63) is 0 Å². The van der Waals surface area contributed by atoms with Crippen molar-refractivity contribution in [3.63, 3.8) is 0 Å². The van der Waals surface area contributed by atoms with Crippen molar-refractivity contribution in [1.82, 2.24) is 4.90 Å². The minimum atomic E-state index is -2.00. The molecule has 0 saturated carbocycles. The number of aliphatic carboxylic acids is 1. The molecule has 0 aromatic rings. The van der Waals surface area contributed by atoms with E-state index in [0.29, 0.717) is 12.8 Å². The van der Waals surface area contributed by atoms with E-state index in [9.17, 15) is 24.6 Å². The second-order valence-electron chi connectivity index (χ2n) is 11.1. The molecule has 38 heavy (non-hydrogen) atoms. The maximum atomic E-state index is 13.0. The van der Waals surface area contributed by atoms with Crippen molar-refractivity contribution in [2.45, 2.75) is 173 Å². The summed E-state index contributed by atoms with van der Waals surface area (Å²) in [4.78, 5) is 38.7. The third-order valence-electron chi connectivity index (χ3n) is 7.50. The lowest BCUT2D eigenvalue weighted by Crippen LogP contribution is -2.57. The highest BCUT2D eigenvalue weighted by atomic mass is 31.0. The van der Waals surface area contributed by atoms with Crippen LogP contribution in [0.25, 0.3) is 0 Å². The van der Waals surface area contributed by atoms with E-state index in [2.05, 4.69) is 13.8 Å². The smallest absolute Gasteiger partial charge is 0.336 e. The summed E-state index contributed by atoms with van der Waals surface area (Å²) < 4.78 is 0. The summed E-state index contributed by atoms with van der Waals surface area (Å²) in [5, 5.41) is 17.5. The van der Waals surface area contributed by atoms with Crippen molar-refractivity contribution in [1.29, 1.82) is 0 Å². The average Bonchev–Trinajstić information content (AvgIpc) is 2.90. The van der Waals surface area contributed by atoms with Crippen molar-refractivity contribution in [2.24, 2.45) is 0 Å². The Morgan fingerprint density at radius 2 is 0.816 bits per heavy atom. The molecule has 0 aromatic heterocycles. The van der Waals surface area contributed by atoms with Crippen LogP contribution in [0.1, 0.15) is 168 Å². The van der Waals surface area contributed by atoms with Crippen LogP contribution in [0.5, 0.6) is 0 Å². The molecule has 0 spiro atoms. The monoisotopic (exact) mass is 557 g/mol. The van der Waals surface area contributed by atoms with Crippen LogP contribution in [-0.2, 0) is 14.4 Å². The number of aliphatic hydroxyl groups is 1. The van der Waals surface area contributed by atoms with Gasteiger partial charge in [0, 0.05) is 12.8 Å². The van der Waals surface area contributed by atoms with Crippen LogP contribution < -0.4 is 0 Å². The van der Waals surface area contributed by atoms with E-state index in [4.69, 9.17) is 0 Å². The molecule has 0 heterocycles. The third kappa shape index (κ3) is 17.6. The van der Waals surface area contributed by atoms with E-state index >= 15 is 0 Å². The average molecular weight is 558 g/mol. The minimum Gasteiger partial charge on any atom is -0.479 e. The zero-order valence-electron chi connectivity index (χ0n) is 24.8. The maximum Gasteiger partial charge on any atom is 0.336 e. The predicted octanol–water partition coefficient (Wildman–Crippen LogP) is 8.39. The van der Waals surface area contributed by atoms with Crippen molar-refractivity contribution in [2.75, 3.05) is 6.61 Å². The van der Waals surface area contributed by atoms with Gasteiger partial charge < -0.3 is 10.2 Å². The van der Waals surface area contributed by atoms with Crippen molar-refractivity contribution < 1.29 is 24.6 Å². The lowest BCUT2D eigenvalue weighted by molar-refractivity contribution is -0.162. The molecule has 2 atom stereocenters. The third-order valence-corrected chi connectivity index (χ3v) is 8.19. The number of hydrogen-bond donors (Lipinski definition) is 2. The summed E-state index contributed by atoms with van der Waals surface area (Å²) in [6, 6.07) is 0. The van der Waals surface area contributed by atoms with Gasteiger partial charge in [-0.25, -0.2) is 4.79 Å². The van der Waals surface area contributed by atoms with Gasteiger partial charge in [-0.3, -0.25) is 14.5 Å². The molecule has 0 fully saturated rings. The molecule has 2 amide bonds. The molecule has 2 N–H and O–H groups in total. The van der Waals surface area contributed by atoms with Crippen LogP contribution in [0.4, 0.5) is 0 Å². The number of carbonyl (C=O) groups excluding carboxylic acids is 2. The van der Waals surface area contributed by atoms with E-state index in [0.717, 1.165) is 43.4 Å². The van der Waals surface area contributed by atoms with Gasteiger partial charge in [-0.1, -0.05) is 152 Å². The van der Waals surface area contributed by atoms with Crippen LogP contribution in [0, 0.1) is 0 Å². The molecule has 0 radical (unpaired) electrons. The van der Waals surface area contributed by atoms with Gasteiger partial charge >= 0.3 is 5.97 Å². The van der Waals surface area contributed by atoms with Gasteiger partial charge in [0.15, 0.2) is 5.28 Å². The molecular formula is C31H60NO5P. The van der Waals surface area contributed by atoms with Crippen LogP contribution in [0.2, 0.25) is 0 Å². The fraction of sp³-hybridized carbons (Fsp3) is 0.903. The number of imide groups is 1. The summed E-state index contributed by atoms with van der Waals surface area (Å²) in [5.41, 5.74) is 0. The molecule has 0 aliphatic heterocycles. The van der Waals surface area contributed by atoms with Gasteiger partial charge in [-0.05, 0) is 12.8 Å². The Morgan fingerprint density at radius 3 is 1.05 bits per heavy atom. The van der Waals surface area contributed by atoms with Gasteiger partial charge in [0.1, 0.15) is 0 Å². The first-order valence-corrected chi connectivity index (χ1v) is 16.4. The van der Waals surface area contributed by atoms with Gasteiger partial charge in [0.05, 0.1) is 6.61 Å². The van der Waals surface area contributed by atoms with Crippen LogP contribution in [-0.4, -0.2) is 44.8 Å². The summed E-state index contributed by atoms with van der Waals surface area (Å²) in [7, 11) is 2.04. The normalized spacial score (nSPS) is 12.8. The van der Waals surface area contributed by atoms with E-state index < -0.39 is 29.7 Å². The lowest BCUT2D eigenvalue weighted by Gasteiger charge is -2.35. The van der Waals surface area contributed by atoms with Crippen LogP contribution in [0.15, 0.2) is 0 Å². The molecule has 0 aromatic carbocycles. The highest BCUT2D eigenvalue weighted by Gasteiger charge is 2.45. The largest absolute Gasteiger partial charge is 0.479 e. The Hall–Kier alpha value is -1.00. The Bertz CT molecular complexity index is 577. The molecule has 0 aliphatic rings. The van der Waals surface area contributed by atoms with Gasteiger partial charge in [-0.2, -0.15) is 0 Å². The molecule has 0 aliphatic carbocycles. The van der Waals surface area contributed by atoms with Gasteiger partial charge in [-0.15, -0.1) is 0 Å². The number of hydrogen-bond acceptors (Lipinski definition) is 4. The molecule has 6 nitrogen and oxygen atoms in total. The molecular weight excluding hydrogens is 497 g/mol. The van der Waals surface area contributed by atoms with Crippen molar-refractivity contribution >= 4 is 27.0 Å². The Balaban J connectivity index is 4.36. The van der Waals surface area contributed by atoms with Crippen molar-refractivity contribution in [3.8, 4) is 0 Å². The Morgan fingerprint density at radius 1 is 0.553 bits per heavy atom. The SMILES string of the molecule is CCCCCCCCCCCCCC(=O)N(C(=O)CCCCCCCCCCCCC)C(P)(CO)C(=O)O.